The summed E-state index contributed by atoms with van der Waals surface area (Å²) in [5.74, 6) is -0.513. The molecule has 3 atom stereocenters. The maximum atomic E-state index is 13.6. The van der Waals surface area contributed by atoms with E-state index in [1.54, 1.807) is 0 Å². The zero-order valence-electron chi connectivity index (χ0n) is 53.9. The summed E-state index contributed by atoms with van der Waals surface area (Å²) in [6, 6.07) is -0.880. The molecular formula is C69H137N2O7P. The van der Waals surface area contributed by atoms with E-state index in [0.717, 1.165) is 57.8 Å². The third-order valence-electron chi connectivity index (χ3n) is 16.2. The van der Waals surface area contributed by atoms with Gasteiger partial charge < -0.3 is 28.5 Å². The predicted octanol–water partition coefficient (Wildman–Crippen LogP) is 21.3. The number of hydrogen-bond donors (Lipinski definition) is 1. The van der Waals surface area contributed by atoms with Crippen LogP contribution >= 0.6 is 7.82 Å². The molecule has 0 saturated carbocycles. The highest BCUT2D eigenvalue weighted by molar-refractivity contribution is 7.45. The Bertz CT molecular complexity index is 1360. The number of allylic oxidation sites excluding steroid dienone is 1. The summed E-state index contributed by atoms with van der Waals surface area (Å²) in [5, 5.41) is 3.05. The first-order chi connectivity index (χ1) is 38.4. The largest absolute Gasteiger partial charge is 0.756 e. The minimum absolute atomic E-state index is 0.0164. The minimum Gasteiger partial charge on any atom is -0.756 e. The van der Waals surface area contributed by atoms with Gasteiger partial charge in [-0.15, -0.1) is 0 Å². The number of likely N-dealkylation sites (N-methyl/N-ethyl adjacent to an activating group) is 1. The van der Waals surface area contributed by atoms with Gasteiger partial charge >= 0.3 is 5.97 Å². The fourth-order valence-electron chi connectivity index (χ4n) is 10.8. The van der Waals surface area contributed by atoms with Crippen molar-refractivity contribution in [3.05, 3.63) is 12.2 Å². The number of nitrogens with one attached hydrogen (secondary N) is 1. The molecule has 0 rings (SSSR count). The molecule has 0 aromatic rings. The molecule has 0 aliphatic heterocycles. The Kier molecular flexibility index (Phi) is 58.9. The lowest BCUT2D eigenvalue weighted by Gasteiger charge is -2.30. The van der Waals surface area contributed by atoms with Crippen molar-refractivity contribution in [1.82, 2.24) is 5.32 Å². The average Bonchev–Trinajstić information content (AvgIpc) is 3.41. The first-order valence-electron chi connectivity index (χ1n) is 35.0. The summed E-state index contributed by atoms with van der Waals surface area (Å²) < 4.78 is 30.4. The molecule has 0 aliphatic carbocycles. The molecule has 1 N–H and O–H groups in total. The Morgan fingerprint density at radius 1 is 0.430 bits per heavy atom. The van der Waals surface area contributed by atoms with E-state index in [0.29, 0.717) is 17.4 Å². The molecule has 0 aliphatic rings. The van der Waals surface area contributed by atoms with E-state index in [1.165, 1.54) is 276 Å². The lowest BCUT2D eigenvalue weighted by Crippen LogP contribution is -2.47. The number of rotatable bonds is 65. The monoisotopic (exact) mass is 1140 g/mol. The average molecular weight is 1140 g/mol. The molecule has 3 unspecified atom stereocenters. The van der Waals surface area contributed by atoms with E-state index >= 15 is 0 Å². The van der Waals surface area contributed by atoms with Crippen molar-refractivity contribution in [2.45, 2.75) is 380 Å². The number of amides is 1. The van der Waals surface area contributed by atoms with Gasteiger partial charge in [0.15, 0.2) is 0 Å². The van der Waals surface area contributed by atoms with E-state index in [2.05, 4.69) is 26.1 Å². The highest BCUT2D eigenvalue weighted by Gasteiger charge is 2.27. The van der Waals surface area contributed by atoms with Crippen LogP contribution in [0, 0.1) is 0 Å². The predicted molar refractivity (Wildman–Crippen MR) is 340 cm³/mol. The summed E-state index contributed by atoms with van der Waals surface area (Å²) in [4.78, 5) is 40.1. The third kappa shape index (κ3) is 61.1. The normalized spacial score (nSPS) is 13.6. The van der Waals surface area contributed by atoms with Gasteiger partial charge in [0.2, 0.25) is 5.91 Å². The Morgan fingerprint density at radius 2 is 0.722 bits per heavy atom. The summed E-state index contributed by atoms with van der Waals surface area (Å²) in [5.41, 5.74) is 0. The van der Waals surface area contributed by atoms with E-state index in [1.807, 2.05) is 33.3 Å². The van der Waals surface area contributed by atoms with Crippen LogP contribution in [0.15, 0.2) is 12.2 Å². The van der Waals surface area contributed by atoms with Gasteiger partial charge in [0, 0.05) is 12.8 Å². The lowest BCUT2D eigenvalue weighted by molar-refractivity contribution is -0.870. The van der Waals surface area contributed by atoms with E-state index < -0.39 is 20.0 Å². The topological polar surface area (TPSA) is 114 Å². The van der Waals surface area contributed by atoms with Crippen LogP contribution in [-0.4, -0.2) is 69.4 Å². The number of hydrogen-bond acceptors (Lipinski definition) is 7. The summed E-state index contributed by atoms with van der Waals surface area (Å²) in [7, 11) is 1.21. The SMILES string of the molecule is CCCCCCCCCCCCC/C=C/C(OC(=O)CCCCCCCCCCCCCCCCCCC)C(COP(=O)([O-])OCC[N+](C)(C)C)NC(=O)CCCCCCCCCCCCCCCCCCCCCCCCC. The van der Waals surface area contributed by atoms with Gasteiger partial charge in [0.25, 0.3) is 7.82 Å². The second kappa shape index (κ2) is 59.9. The number of nitrogens with zero attached hydrogens (tertiary/aromatic N) is 1. The molecule has 0 bridgehead atoms. The summed E-state index contributed by atoms with van der Waals surface area (Å²) in [6.07, 6.45) is 70.4. The lowest BCUT2D eigenvalue weighted by atomic mass is 10.0. The van der Waals surface area contributed by atoms with Crippen LogP contribution in [0.1, 0.15) is 367 Å². The van der Waals surface area contributed by atoms with Crippen LogP contribution in [0.2, 0.25) is 0 Å². The number of esters is 1. The van der Waals surface area contributed by atoms with Crippen molar-refractivity contribution >= 4 is 19.7 Å². The molecule has 0 aromatic carbocycles. The zero-order valence-corrected chi connectivity index (χ0v) is 54.8. The quantitative estimate of drug-likeness (QED) is 0.0212. The zero-order chi connectivity index (χ0) is 57.9. The number of quaternary nitrogens is 1. The highest BCUT2D eigenvalue weighted by Crippen LogP contribution is 2.38. The molecule has 79 heavy (non-hydrogen) atoms. The van der Waals surface area contributed by atoms with E-state index in [4.69, 9.17) is 13.8 Å². The summed E-state index contributed by atoms with van der Waals surface area (Å²) >= 11 is 0. The Balaban J connectivity index is 5.07. The van der Waals surface area contributed by atoms with Crippen molar-refractivity contribution in [2.75, 3.05) is 40.9 Å². The Hall–Kier alpha value is -1.25. The standard InChI is InChI=1S/C69H137N2O7P/c1-7-10-13-16-19-22-25-28-30-32-33-34-35-36-37-39-40-43-46-49-52-55-58-61-68(72)70-66(65-77-79(74,75)76-64-63-71(4,5)6)67(60-57-54-51-48-45-42-27-24-21-18-15-12-9-3)78-69(73)62-59-56-53-50-47-44-41-38-31-29-26-23-20-17-14-11-8-2/h57,60,66-67H,7-56,58-59,61-65H2,1-6H3,(H-,70,72,74,75)/b60-57+. The number of carbonyl (C=O) groups is 2. The van der Waals surface area contributed by atoms with E-state index in [-0.39, 0.29) is 31.5 Å². The highest BCUT2D eigenvalue weighted by atomic mass is 31.2. The van der Waals surface area contributed by atoms with Gasteiger partial charge in [-0.3, -0.25) is 14.2 Å². The third-order valence-corrected chi connectivity index (χ3v) is 17.2. The van der Waals surface area contributed by atoms with Crippen molar-refractivity contribution in [3.8, 4) is 0 Å². The first-order valence-corrected chi connectivity index (χ1v) is 36.5. The van der Waals surface area contributed by atoms with Gasteiger partial charge in [-0.05, 0) is 31.8 Å². The van der Waals surface area contributed by atoms with Crippen LogP contribution in [0.25, 0.3) is 0 Å². The number of ether oxygens (including phenoxy) is 1. The summed E-state index contributed by atoms with van der Waals surface area (Å²) in [6.45, 7) is 6.92. The van der Waals surface area contributed by atoms with Gasteiger partial charge in [0.1, 0.15) is 19.3 Å². The van der Waals surface area contributed by atoms with E-state index in [9.17, 15) is 19.0 Å². The van der Waals surface area contributed by atoms with Gasteiger partial charge in [-0.2, -0.15) is 0 Å². The molecule has 470 valence electrons. The molecule has 0 fully saturated rings. The molecular weight excluding hydrogens is 1000 g/mol. The molecule has 0 radical (unpaired) electrons. The maximum Gasteiger partial charge on any atom is 0.306 e. The number of unbranched alkanes of at least 4 members (excludes halogenated alkanes) is 49. The smallest absolute Gasteiger partial charge is 0.306 e. The number of phosphoric ester groups is 1. The van der Waals surface area contributed by atoms with Crippen LogP contribution in [-0.2, 0) is 27.9 Å². The molecule has 0 spiro atoms. The number of phosphoric acid groups is 1. The van der Waals surface area contributed by atoms with Crippen molar-refractivity contribution in [1.29, 1.82) is 0 Å². The molecule has 0 saturated heterocycles. The minimum atomic E-state index is -4.69. The van der Waals surface area contributed by atoms with Gasteiger partial charge in [0.05, 0.1) is 33.8 Å². The molecule has 10 heteroatoms. The van der Waals surface area contributed by atoms with Crippen LogP contribution in [0.3, 0.4) is 0 Å². The second-order valence-corrected chi connectivity index (χ2v) is 26.8. The fourth-order valence-corrected chi connectivity index (χ4v) is 11.5. The maximum absolute atomic E-state index is 13.6. The molecule has 0 aromatic heterocycles. The fraction of sp³-hybridized carbons (Fsp3) is 0.942. The number of carbonyl (C=O) groups excluding carboxylic acids is 2. The van der Waals surface area contributed by atoms with Crippen molar-refractivity contribution in [2.24, 2.45) is 0 Å². The Labute approximate surface area is 492 Å². The van der Waals surface area contributed by atoms with Crippen LogP contribution in [0.5, 0.6) is 0 Å². The Morgan fingerprint density at radius 3 is 1.04 bits per heavy atom. The van der Waals surface area contributed by atoms with Crippen molar-refractivity contribution in [3.63, 3.8) is 0 Å². The second-order valence-electron chi connectivity index (χ2n) is 25.4. The van der Waals surface area contributed by atoms with Crippen molar-refractivity contribution < 1.29 is 37.3 Å². The molecule has 0 heterocycles. The van der Waals surface area contributed by atoms with Crippen LogP contribution in [0.4, 0.5) is 0 Å². The van der Waals surface area contributed by atoms with Gasteiger partial charge in [-0.1, -0.05) is 335 Å². The molecule has 9 nitrogen and oxygen atoms in total. The first kappa shape index (κ1) is 77.8. The van der Waals surface area contributed by atoms with Crippen LogP contribution < -0.4 is 10.2 Å². The molecule has 1 amide bonds. The van der Waals surface area contributed by atoms with Gasteiger partial charge in [-0.25, -0.2) is 0 Å².